The van der Waals surface area contributed by atoms with E-state index < -0.39 is 15.9 Å². The second-order valence-corrected chi connectivity index (χ2v) is 10.9. The molecule has 1 aliphatic heterocycles. The Balaban J connectivity index is 1.45. The maximum absolute atomic E-state index is 13.4. The summed E-state index contributed by atoms with van der Waals surface area (Å²) in [4.78, 5) is 27.3. The Morgan fingerprint density at radius 1 is 0.892 bits per heavy atom. The van der Waals surface area contributed by atoms with Crippen LogP contribution in [0.3, 0.4) is 0 Å². The minimum Gasteiger partial charge on any atom is -0.497 e. The van der Waals surface area contributed by atoms with Crippen molar-refractivity contribution in [3.8, 4) is 5.75 Å². The van der Waals surface area contributed by atoms with Crippen molar-refractivity contribution >= 4 is 27.5 Å². The molecule has 1 N–H and O–H groups in total. The minimum atomic E-state index is -3.97. The summed E-state index contributed by atoms with van der Waals surface area (Å²) in [6, 6.07) is 22.3. The lowest BCUT2D eigenvalue weighted by molar-refractivity contribution is -0.129. The van der Waals surface area contributed by atoms with Crippen LogP contribution in [-0.2, 0) is 32.6 Å². The van der Waals surface area contributed by atoms with Gasteiger partial charge in [-0.2, -0.15) is 4.31 Å². The monoisotopic (exact) mass is 521 g/mol. The molecule has 3 aromatic carbocycles. The summed E-state index contributed by atoms with van der Waals surface area (Å²) in [7, 11) is -2.46. The summed E-state index contributed by atoms with van der Waals surface area (Å²) >= 11 is 0. The Bertz CT molecular complexity index is 1300. The van der Waals surface area contributed by atoms with E-state index in [2.05, 4.69) is 5.32 Å². The molecule has 0 unspecified atom stereocenters. The summed E-state index contributed by atoms with van der Waals surface area (Å²) in [5.74, 6) is 0.181. The normalized spacial score (nSPS) is 13.5. The van der Waals surface area contributed by atoms with Crippen molar-refractivity contribution in [2.24, 2.45) is 0 Å². The van der Waals surface area contributed by atoms with Crippen molar-refractivity contribution in [1.29, 1.82) is 0 Å². The molecule has 0 radical (unpaired) electrons. The number of carbonyl (C=O) groups is 2. The standard InChI is InChI=1S/C28H31N3O5S/c1-36-25-13-15-26(16-14-25)37(34,35)31(20-23-7-3-2-4-8-23)21-27(32)29-24-11-9-22(10-12-24)19-28(33)30-17-5-6-18-30/h2-4,7-16H,5-6,17-21H2,1H3,(H,29,32). The van der Waals surface area contributed by atoms with Gasteiger partial charge in [0.05, 0.1) is 25.0 Å². The number of likely N-dealkylation sites (tertiary alicyclic amines) is 1. The number of benzene rings is 3. The average molecular weight is 522 g/mol. The first-order valence-electron chi connectivity index (χ1n) is 12.2. The number of rotatable bonds is 10. The lowest BCUT2D eigenvalue weighted by Gasteiger charge is -2.22. The number of ether oxygens (including phenoxy) is 1. The number of carbonyl (C=O) groups excluding carboxylic acids is 2. The Morgan fingerprint density at radius 3 is 2.16 bits per heavy atom. The van der Waals surface area contributed by atoms with Gasteiger partial charge in [0.25, 0.3) is 0 Å². The van der Waals surface area contributed by atoms with E-state index in [4.69, 9.17) is 4.74 Å². The Labute approximate surface area is 217 Å². The van der Waals surface area contributed by atoms with Crippen LogP contribution >= 0.6 is 0 Å². The molecule has 0 atom stereocenters. The number of nitrogens with zero attached hydrogens (tertiary/aromatic N) is 2. The molecular formula is C28H31N3O5S. The molecule has 8 nitrogen and oxygen atoms in total. The fraction of sp³-hybridized carbons (Fsp3) is 0.286. The summed E-state index contributed by atoms with van der Waals surface area (Å²) in [6.07, 6.45) is 2.41. The molecule has 2 amide bonds. The molecule has 1 aliphatic rings. The Kier molecular flexibility index (Phi) is 8.58. The zero-order valence-corrected chi connectivity index (χ0v) is 21.6. The molecule has 194 valence electrons. The number of hydrogen-bond acceptors (Lipinski definition) is 5. The van der Waals surface area contributed by atoms with Gasteiger partial charge in [-0.3, -0.25) is 9.59 Å². The maximum Gasteiger partial charge on any atom is 0.243 e. The van der Waals surface area contributed by atoms with E-state index in [9.17, 15) is 18.0 Å². The van der Waals surface area contributed by atoms with E-state index in [1.54, 1.807) is 36.4 Å². The smallest absolute Gasteiger partial charge is 0.243 e. The summed E-state index contributed by atoms with van der Waals surface area (Å²) < 4.78 is 33.2. The number of nitrogens with one attached hydrogen (secondary N) is 1. The van der Waals surface area contributed by atoms with Crippen LogP contribution in [0.15, 0.2) is 83.8 Å². The molecule has 1 fully saturated rings. The molecule has 37 heavy (non-hydrogen) atoms. The van der Waals surface area contributed by atoms with Crippen molar-refractivity contribution in [2.75, 3.05) is 32.1 Å². The van der Waals surface area contributed by atoms with Crippen molar-refractivity contribution in [3.05, 3.63) is 90.0 Å². The number of sulfonamides is 1. The molecule has 0 bridgehead atoms. The molecule has 3 aromatic rings. The summed E-state index contributed by atoms with van der Waals surface area (Å²) in [5, 5.41) is 2.78. The van der Waals surface area contributed by atoms with Gasteiger partial charge in [0.2, 0.25) is 21.8 Å². The highest BCUT2D eigenvalue weighted by atomic mass is 32.2. The highest BCUT2D eigenvalue weighted by Crippen LogP contribution is 2.22. The molecular weight excluding hydrogens is 490 g/mol. The molecule has 9 heteroatoms. The van der Waals surface area contributed by atoms with Gasteiger partial charge in [-0.1, -0.05) is 42.5 Å². The fourth-order valence-electron chi connectivity index (χ4n) is 4.23. The topological polar surface area (TPSA) is 96.0 Å². The predicted molar refractivity (Wildman–Crippen MR) is 142 cm³/mol. The molecule has 0 aromatic heterocycles. The largest absolute Gasteiger partial charge is 0.497 e. The van der Waals surface area contributed by atoms with Gasteiger partial charge in [0.1, 0.15) is 5.75 Å². The van der Waals surface area contributed by atoms with Crippen LogP contribution in [0.2, 0.25) is 0 Å². The lowest BCUT2D eigenvalue weighted by Crippen LogP contribution is -2.37. The quantitative estimate of drug-likeness (QED) is 0.439. The van der Waals surface area contributed by atoms with Crippen LogP contribution in [0.5, 0.6) is 5.75 Å². The first kappa shape index (κ1) is 26.4. The van der Waals surface area contributed by atoms with Gasteiger partial charge in [-0.05, 0) is 60.4 Å². The maximum atomic E-state index is 13.4. The summed E-state index contributed by atoms with van der Waals surface area (Å²) in [5.41, 5.74) is 2.16. The van der Waals surface area contributed by atoms with E-state index >= 15 is 0 Å². The average Bonchev–Trinajstić information content (AvgIpc) is 3.45. The van der Waals surface area contributed by atoms with Gasteiger partial charge in [-0.25, -0.2) is 8.42 Å². The van der Waals surface area contributed by atoms with E-state index in [0.717, 1.165) is 41.4 Å². The van der Waals surface area contributed by atoms with Crippen LogP contribution in [0, 0.1) is 0 Å². The first-order valence-corrected chi connectivity index (χ1v) is 13.6. The van der Waals surface area contributed by atoms with Crippen LogP contribution in [0.4, 0.5) is 5.69 Å². The Morgan fingerprint density at radius 2 is 1.54 bits per heavy atom. The van der Waals surface area contributed by atoms with Gasteiger partial charge >= 0.3 is 0 Å². The van der Waals surface area contributed by atoms with Crippen molar-refractivity contribution in [3.63, 3.8) is 0 Å². The minimum absolute atomic E-state index is 0.0418. The van der Waals surface area contributed by atoms with Crippen LogP contribution < -0.4 is 10.1 Å². The summed E-state index contributed by atoms with van der Waals surface area (Å²) in [6.45, 7) is 1.30. The van der Waals surface area contributed by atoms with Gasteiger partial charge in [0.15, 0.2) is 0 Å². The third-order valence-electron chi connectivity index (χ3n) is 6.27. The first-order chi connectivity index (χ1) is 17.8. The van der Waals surface area contributed by atoms with Crippen molar-refractivity contribution in [1.82, 2.24) is 9.21 Å². The number of anilines is 1. The number of amides is 2. The molecule has 0 saturated carbocycles. The third-order valence-corrected chi connectivity index (χ3v) is 8.08. The zero-order valence-electron chi connectivity index (χ0n) is 20.8. The third kappa shape index (κ3) is 6.96. The second-order valence-electron chi connectivity index (χ2n) is 8.94. The van der Waals surface area contributed by atoms with Crippen LogP contribution in [-0.4, -0.2) is 56.2 Å². The molecule has 0 aliphatic carbocycles. The molecule has 0 spiro atoms. The van der Waals surface area contributed by atoms with Gasteiger partial charge < -0.3 is 15.0 Å². The second kappa shape index (κ2) is 12.0. The van der Waals surface area contributed by atoms with Crippen molar-refractivity contribution < 1.29 is 22.7 Å². The van der Waals surface area contributed by atoms with E-state index in [1.807, 2.05) is 35.2 Å². The van der Waals surface area contributed by atoms with Crippen LogP contribution in [0.25, 0.3) is 0 Å². The van der Waals surface area contributed by atoms with E-state index in [0.29, 0.717) is 17.9 Å². The van der Waals surface area contributed by atoms with Gasteiger partial charge in [0, 0.05) is 25.3 Å². The number of methoxy groups -OCH3 is 1. The van der Waals surface area contributed by atoms with Gasteiger partial charge in [-0.15, -0.1) is 0 Å². The molecule has 1 heterocycles. The highest BCUT2D eigenvalue weighted by Gasteiger charge is 2.27. The number of hydrogen-bond donors (Lipinski definition) is 1. The highest BCUT2D eigenvalue weighted by molar-refractivity contribution is 7.89. The van der Waals surface area contributed by atoms with Crippen molar-refractivity contribution in [2.45, 2.75) is 30.7 Å². The van der Waals surface area contributed by atoms with E-state index in [-0.39, 0.29) is 23.9 Å². The molecule has 1 saturated heterocycles. The fourth-order valence-corrected chi connectivity index (χ4v) is 5.61. The predicted octanol–water partition coefficient (Wildman–Crippen LogP) is 3.69. The molecule has 4 rings (SSSR count). The Hall–Kier alpha value is -3.69. The van der Waals surface area contributed by atoms with E-state index in [1.165, 1.54) is 19.2 Å². The zero-order chi connectivity index (χ0) is 26.3. The lowest BCUT2D eigenvalue weighted by atomic mass is 10.1. The van der Waals surface area contributed by atoms with Crippen LogP contribution in [0.1, 0.15) is 24.0 Å². The SMILES string of the molecule is COc1ccc(S(=O)(=O)N(CC(=O)Nc2ccc(CC(=O)N3CCCC3)cc2)Cc2ccccc2)cc1.